The van der Waals surface area contributed by atoms with Crippen molar-refractivity contribution in [2.45, 2.75) is 37.5 Å². The Morgan fingerprint density at radius 2 is 2.14 bits per heavy atom. The summed E-state index contributed by atoms with van der Waals surface area (Å²) in [6.07, 6.45) is 1.29. The Morgan fingerprint density at radius 3 is 2.68 bits per heavy atom. The van der Waals surface area contributed by atoms with Crippen molar-refractivity contribution in [3.05, 3.63) is 12.2 Å². The fourth-order valence-corrected chi connectivity index (χ4v) is 3.78. The smallest absolute Gasteiger partial charge is 0.292 e. The normalized spacial score (nSPS) is 23.5. The lowest BCUT2D eigenvalue weighted by Crippen LogP contribution is -2.74. The molecule has 1 spiro atoms. The molecule has 2 aliphatic heterocycles. The van der Waals surface area contributed by atoms with E-state index in [1.54, 1.807) is 7.05 Å². The largest absolute Gasteiger partial charge is 0.391 e. The Morgan fingerprint density at radius 1 is 1.43 bits per heavy atom. The van der Waals surface area contributed by atoms with E-state index in [4.69, 9.17) is 5.73 Å². The highest BCUT2D eigenvalue weighted by molar-refractivity contribution is 6.02. The van der Waals surface area contributed by atoms with E-state index in [1.807, 2.05) is 0 Å². The van der Waals surface area contributed by atoms with Crippen molar-refractivity contribution in [2.75, 3.05) is 19.6 Å². The zero-order chi connectivity index (χ0) is 20.6. The van der Waals surface area contributed by atoms with Gasteiger partial charge in [-0.2, -0.15) is 5.10 Å². The molecule has 12 heteroatoms. The lowest BCUT2D eigenvalue weighted by atomic mass is 9.85. The summed E-state index contributed by atoms with van der Waals surface area (Å²) in [6, 6.07) is -1.24. The SMILES string of the molecule is C[C@@H](O)[C@H](NC(=O)CN1CC2(CCCN2C(=O)c2ncnn2C)C1=O)C(N)=O. The molecule has 12 nitrogen and oxygen atoms in total. The Labute approximate surface area is 160 Å². The van der Waals surface area contributed by atoms with Crippen LogP contribution in [0.4, 0.5) is 0 Å². The van der Waals surface area contributed by atoms with Crippen molar-refractivity contribution in [1.82, 2.24) is 29.9 Å². The first kappa shape index (κ1) is 19.7. The Hall–Kier alpha value is -3.02. The number of primary amides is 1. The van der Waals surface area contributed by atoms with Gasteiger partial charge < -0.3 is 26.0 Å². The molecule has 3 atom stereocenters. The molecule has 1 unspecified atom stereocenters. The summed E-state index contributed by atoms with van der Waals surface area (Å²) in [4.78, 5) is 55.8. The van der Waals surface area contributed by atoms with Gasteiger partial charge in [0.15, 0.2) is 0 Å². The number of aryl methyl sites for hydroxylation is 1. The third-order valence-corrected chi connectivity index (χ3v) is 5.21. The van der Waals surface area contributed by atoms with Crippen LogP contribution < -0.4 is 11.1 Å². The summed E-state index contributed by atoms with van der Waals surface area (Å²) in [5.74, 6) is -2.05. The highest BCUT2D eigenvalue weighted by Crippen LogP contribution is 2.39. The summed E-state index contributed by atoms with van der Waals surface area (Å²) in [5, 5.41) is 15.7. The van der Waals surface area contributed by atoms with Crippen LogP contribution in [0.15, 0.2) is 6.33 Å². The molecular formula is C16H23N7O5. The first-order chi connectivity index (χ1) is 13.2. The molecule has 152 valence electrons. The van der Waals surface area contributed by atoms with E-state index < -0.39 is 29.5 Å². The second-order valence-corrected chi connectivity index (χ2v) is 7.15. The number of carbonyl (C=O) groups is 4. The molecule has 1 aromatic rings. The number of carbonyl (C=O) groups excluding carboxylic acids is 4. The number of nitrogens with two attached hydrogens (primary N) is 1. The average molecular weight is 393 g/mol. The van der Waals surface area contributed by atoms with Gasteiger partial charge in [-0.3, -0.25) is 19.2 Å². The summed E-state index contributed by atoms with van der Waals surface area (Å²) >= 11 is 0. The molecule has 2 aliphatic rings. The first-order valence-electron chi connectivity index (χ1n) is 8.89. The molecule has 0 bridgehead atoms. The summed E-state index contributed by atoms with van der Waals surface area (Å²) in [7, 11) is 1.60. The van der Waals surface area contributed by atoms with Gasteiger partial charge >= 0.3 is 0 Å². The molecule has 4 N–H and O–H groups in total. The lowest BCUT2D eigenvalue weighted by Gasteiger charge is -2.50. The number of hydrogen-bond acceptors (Lipinski definition) is 7. The number of β-lactam (4-membered cyclic amide) rings is 1. The van der Waals surface area contributed by atoms with Crippen molar-refractivity contribution in [3.63, 3.8) is 0 Å². The van der Waals surface area contributed by atoms with E-state index in [0.717, 1.165) is 0 Å². The van der Waals surface area contributed by atoms with Gasteiger partial charge in [0.2, 0.25) is 17.6 Å². The minimum absolute atomic E-state index is 0.145. The van der Waals surface area contributed by atoms with Gasteiger partial charge in [-0.05, 0) is 19.8 Å². The van der Waals surface area contributed by atoms with Crippen molar-refractivity contribution < 1.29 is 24.3 Å². The van der Waals surface area contributed by atoms with Crippen LogP contribution in [-0.4, -0.2) is 90.6 Å². The van der Waals surface area contributed by atoms with Crippen LogP contribution in [0.3, 0.4) is 0 Å². The third-order valence-electron chi connectivity index (χ3n) is 5.21. The number of aliphatic hydroxyl groups excluding tert-OH is 1. The Balaban J connectivity index is 1.65. The predicted octanol–water partition coefficient (Wildman–Crippen LogP) is -3.02. The average Bonchev–Trinajstić information content (AvgIpc) is 3.25. The van der Waals surface area contributed by atoms with Gasteiger partial charge in [-0.1, -0.05) is 0 Å². The summed E-state index contributed by atoms with van der Waals surface area (Å²) < 4.78 is 1.35. The molecule has 0 aliphatic carbocycles. The first-order valence-corrected chi connectivity index (χ1v) is 8.89. The quantitative estimate of drug-likeness (QED) is 0.433. The number of rotatable bonds is 6. The van der Waals surface area contributed by atoms with Crippen LogP contribution in [0.5, 0.6) is 0 Å². The second-order valence-electron chi connectivity index (χ2n) is 7.15. The minimum Gasteiger partial charge on any atom is -0.391 e. The number of nitrogens with one attached hydrogen (secondary N) is 1. The number of hydrogen-bond donors (Lipinski definition) is 3. The van der Waals surface area contributed by atoms with Crippen molar-refractivity contribution >= 4 is 23.6 Å². The van der Waals surface area contributed by atoms with Crippen LogP contribution >= 0.6 is 0 Å². The van der Waals surface area contributed by atoms with Gasteiger partial charge in [0.25, 0.3) is 11.8 Å². The number of likely N-dealkylation sites (tertiary alicyclic amines) is 2. The highest BCUT2D eigenvalue weighted by atomic mass is 16.3. The van der Waals surface area contributed by atoms with E-state index in [2.05, 4.69) is 15.4 Å². The lowest BCUT2D eigenvalue weighted by molar-refractivity contribution is -0.161. The third kappa shape index (κ3) is 3.19. The molecule has 0 radical (unpaired) electrons. The minimum atomic E-state index is -1.24. The molecule has 2 fully saturated rings. The molecule has 1 aromatic heterocycles. The van der Waals surface area contributed by atoms with E-state index in [0.29, 0.717) is 19.4 Å². The van der Waals surface area contributed by atoms with Crippen LogP contribution in [-0.2, 0) is 21.4 Å². The molecular weight excluding hydrogens is 370 g/mol. The van der Waals surface area contributed by atoms with Gasteiger partial charge in [-0.15, -0.1) is 0 Å². The molecule has 0 aromatic carbocycles. The van der Waals surface area contributed by atoms with Gasteiger partial charge in [-0.25, -0.2) is 9.67 Å². The Bertz CT molecular complexity index is 822. The standard InChI is InChI=1S/C16H23N7O5/c1-9(24)11(12(17)26)20-10(25)6-22-7-16(15(22)28)4-3-5-23(16)14(27)13-18-8-19-21(13)2/h8-9,11,24H,3-7H2,1-2H3,(H2,17,26)(H,20,25)/t9-,11+,16?/m1/s1. The number of aliphatic hydroxyl groups is 1. The van der Waals surface area contributed by atoms with Crippen molar-refractivity contribution in [1.29, 1.82) is 0 Å². The fourth-order valence-electron chi connectivity index (χ4n) is 3.78. The highest BCUT2D eigenvalue weighted by Gasteiger charge is 2.60. The maximum atomic E-state index is 12.8. The predicted molar refractivity (Wildman–Crippen MR) is 93.4 cm³/mol. The van der Waals surface area contributed by atoms with Crippen molar-refractivity contribution in [2.24, 2.45) is 12.8 Å². The fraction of sp³-hybridized carbons (Fsp3) is 0.625. The van der Waals surface area contributed by atoms with E-state index >= 15 is 0 Å². The number of nitrogens with zero attached hydrogens (tertiary/aromatic N) is 5. The maximum absolute atomic E-state index is 12.8. The number of amides is 4. The second kappa shape index (κ2) is 7.19. The van der Waals surface area contributed by atoms with Crippen LogP contribution in [0.2, 0.25) is 0 Å². The van der Waals surface area contributed by atoms with Gasteiger partial charge in [0.1, 0.15) is 17.9 Å². The molecule has 28 heavy (non-hydrogen) atoms. The van der Waals surface area contributed by atoms with Crippen LogP contribution in [0.1, 0.15) is 30.4 Å². The maximum Gasteiger partial charge on any atom is 0.292 e. The molecule has 3 heterocycles. The monoisotopic (exact) mass is 393 g/mol. The topological polar surface area (TPSA) is 164 Å². The van der Waals surface area contributed by atoms with E-state index in [-0.39, 0.29) is 30.7 Å². The summed E-state index contributed by atoms with van der Waals surface area (Å²) in [5.41, 5.74) is 4.17. The summed E-state index contributed by atoms with van der Waals surface area (Å²) in [6.45, 7) is 1.67. The van der Waals surface area contributed by atoms with E-state index in [1.165, 1.54) is 27.7 Å². The zero-order valence-corrected chi connectivity index (χ0v) is 15.7. The number of aromatic nitrogens is 3. The molecule has 4 amide bonds. The van der Waals surface area contributed by atoms with Crippen LogP contribution in [0, 0.1) is 0 Å². The van der Waals surface area contributed by atoms with Crippen LogP contribution in [0.25, 0.3) is 0 Å². The Kier molecular flexibility index (Phi) is 5.06. The van der Waals surface area contributed by atoms with Crippen molar-refractivity contribution in [3.8, 4) is 0 Å². The van der Waals surface area contributed by atoms with E-state index in [9.17, 15) is 24.3 Å². The van der Waals surface area contributed by atoms with Gasteiger partial charge in [0.05, 0.1) is 19.2 Å². The zero-order valence-electron chi connectivity index (χ0n) is 15.7. The molecule has 3 rings (SSSR count). The van der Waals surface area contributed by atoms with Gasteiger partial charge in [0, 0.05) is 13.6 Å². The molecule has 0 saturated carbocycles. The molecule has 2 saturated heterocycles.